The van der Waals surface area contributed by atoms with Gasteiger partial charge in [0.1, 0.15) is 0 Å². The highest BCUT2D eigenvalue weighted by Gasteiger charge is 2.22. The minimum atomic E-state index is 0.195. The topological polar surface area (TPSA) is 37.3 Å². The molecule has 0 aliphatic carbocycles. The maximum absolute atomic E-state index is 12.8. The van der Waals surface area contributed by atoms with Crippen LogP contribution in [-0.2, 0) is 19.5 Å². The summed E-state index contributed by atoms with van der Waals surface area (Å²) in [5.74, 6) is 0. The van der Waals surface area contributed by atoms with E-state index in [1.807, 2.05) is 0 Å². The minimum absolute atomic E-state index is 0.195. The van der Waals surface area contributed by atoms with Gasteiger partial charge in [0.25, 0.3) is 5.56 Å². The molecule has 1 aliphatic heterocycles. The van der Waals surface area contributed by atoms with Gasteiger partial charge in [0.2, 0.25) is 0 Å². The zero-order valence-corrected chi connectivity index (χ0v) is 14.1. The van der Waals surface area contributed by atoms with Crippen molar-refractivity contribution in [3.8, 4) is 0 Å². The van der Waals surface area contributed by atoms with Crippen molar-refractivity contribution in [2.24, 2.45) is 0 Å². The lowest BCUT2D eigenvalue weighted by Gasteiger charge is -2.30. The molecule has 0 aromatic carbocycles. The first-order valence-electron chi connectivity index (χ1n) is 8.12. The Labute approximate surface area is 128 Å². The van der Waals surface area contributed by atoms with E-state index in [9.17, 15) is 4.79 Å². The standard InChI is InChI=1S/C17H29N3O/c1-6-13(4)20-16-7-8-19(5)11-15(16)9-14(17(20)21)10-18-12(2)3/h9,12-13,18H,6-8,10-11H2,1-5H3. The highest BCUT2D eigenvalue weighted by molar-refractivity contribution is 5.29. The van der Waals surface area contributed by atoms with Crippen molar-refractivity contribution >= 4 is 0 Å². The number of likely N-dealkylation sites (N-methyl/N-ethyl adjacent to an activating group) is 1. The van der Waals surface area contributed by atoms with Crippen LogP contribution >= 0.6 is 0 Å². The molecule has 0 saturated carbocycles. The first-order valence-corrected chi connectivity index (χ1v) is 8.12. The fourth-order valence-corrected chi connectivity index (χ4v) is 2.96. The van der Waals surface area contributed by atoms with Gasteiger partial charge < -0.3 is 14.8 Å². The molecule has 1 aromatic rings. The molecule has 1 atom stereocenters. The van der Waals surface area contributed by atoms with E-state index >= 15 is 0 Å². The van der Waals surface area contributed by atoms with Gasteiger partial charge in [-0.2, -0.15) is 0 Å². The lowest BCUT2D eigenvalue weighted by atomic mass is 10.0. The number of nitrogens with one attached hydrogen (secondary N) is 1. The fourth-order valence-electron chi connectivity index (χ4n) is 2.96. The SMILES string of the molecule is CCC(C)n1c2c(cc(CNC(C)C)c1=O)CN(C)CC2. The summed E-state index contributed by atoms with van der Waals surface area (Å²) in [5, 5.41) is 3.38. The quantitative estimate of drug-likeness (QED) is 0.904. The van der Waals surface area contributed by atoms with Gasteiger partial charge in [0.05, 0.1) is 0 Å². The van der Waals surface area contributed by atoms with Crippen LogP contribution in [0.2, 0.25) is 0 Å². The van der Waals surface area contributed by atoms with Crippen LogP contribution < -0.4 is 10.9 Å². The van der Waals surface area contributed by atoms with Crippen molar-refractivity contribution < 1.29 is 0 Å². The van der Waals surface area contributed by atoms with Crippen molar-refractivity contribution in [1.82, 2.24) is 14.8 Å². The average molecular weight is 291 g/mol. The first kappa shape index (κ1) is 16.2. The third-order valence-electron chi connectivity index (χ3n) is 4.41. The summed E-state index contributed by atoms with van der Waals surface area (Å²) in [6.07, 6.45) is 1.96. The van der Waals surface area contributed by atoms with E-state index in [2.05, 4.69) is 55.6 Å². The molecule has 0 bridgehead atoms. The Balaban J connectivity index is 2.48. The minimum Gasteiger partial charge on any atom is -0.310 e. The van der Waals surface area contributed by atoms with Gasteiger partial charge in [0, 0.05) is 49.4 Å². The first-order chi connectivity index (χ1) is 9.93. The Morgan fingerprint density at radius 3 is 2.67 bits per heavy atom. The molecule has 0 spiro atoms. The summed E-state index contributed by atoms with van der Waals surface area (Å²) in [6, 6.07) is 2.79. The number of rotatable bonds is 5. The summed E-state index contributed by atoms with van der Waals surface area (Å²) in [6.45, 7) is 11.2. The molecule has 0 amide bonds. The third kappa shape index (κ3) is 3.55. The third-order valence-corrected chi connectivity index (χ3v) is 4.41. The van der Waals surface area contributed by atoms with Crippen molar-refractivity contribution in [2.75, 3.05) is 13.6 Å². The van der Waals surface area contributed by atoms with E-state index in [1.165, 1.54) is 11.3 Å². The number of fused-ring (bicyclic) bond motifs is 1. The molecule has 2 heterocycles. The molecule has 0 saturated heterocycles. The van der Waals surface area contributed by atoms with Crippen LogP contribution in [-0.4, -0.2) is 29.1 Å². The second-order valence-corrected chi connectivity index (χ2v) is 6.60. The summed E-state index contributed by atoms with van der Waals surface area (Å²) >= 11 is 0. The van der Waals surface area contributed by atoms with Crippen LogP contribution in [0.5, 0.6) is 0 Å². The zero-order valence-electron chi connectivity index (χ0n) is 14.1. The molecular weight excluding hydrogens is 262 g/mol. The van der Waals surface area contributed by atoms with Gasteiger partial charge in [-0.1, -0.05) is 20.8 Å². The second kappa shape index (κ2) is 6.75. The summed E-state index contributed by atoms with van der Waals surface area (Å²) in [7, 11) is 2.15. The van der Waals surface area contributed by atoms with E-state index in [0.29, 0.717) is 12.6 Å². The highest BCUT2D eigenvalue weighted by atomic mass is 16.1. The van der Waals surface area contributed by atoms with Gasteiger partial charge in [-0.3, -0.25) is 4.79 Å². The summed E-state index contributed by atoms with van der Waals surface area (Å²) in [5.41, 5.74) is 3.67. The van der Waals surface area contributed by atoms with Crippen LogP contribution in [0.25, 0.3) is 0 Å². The van der Waals surface area contributed by atoms with Crippen LogP contribution in [0.3, 0.4) is 0 Å². The van der Waals surface area contributed by atoms with E-state index in [0.717, 1.165) is 31.5 Å². The van der Waals surface area contributed by atoms with Crippen LogP contribution in [0.1, 0.15) is 57.0 Å². The van der Waals surface area contributed by atoms with Crippen molar-refractivity contribution in [2.45, 2.75) is 65.7 Å². The van der Waals surface area contributed by atoms with Crippen LogP contribution in [0.4, 0.5) is 0 Å². The molecule has 1 aliphatic rings. The predicted octanol–water partition coefficient (Wildman–Crippen LogP) is 2.31. The van der Waals surface area contributed by atoms with E-state index in [4.69, 9.17) is 0 Å². The lowest BCUT2D eigenvalue weighted by molar-refractivity contribution is 0.299. The Morgan fingerprint density at radius 2 is 2.05 bits per heavy atom. The zero-order chi connectivity index (χ0) is 15.6. The van der Waals surface area contributed by atoms with Crippen molar-refractivity contribution in [3.05, 3.63) is 33.2 Å². The predicted molar refractivity (Wildman–Crippen MR) is 87.7 cm³/mol. The van der Waals surface area contributed by atoms with E-state index < -0.39 is 0 Å². The number of nitrogens with zero attached hydrogens (tertiary/aromatic N) is 2. The molecule has 118 valence electrons. The summed E-state index contributed by atoms with van der Waals surface area (Å²) in [4.78, 5) is 15.2. The van der Waals surface area contributed by atoms with Gasteiger partial charge in [-0.05, 0) is 32.0 Å². The monoisotopic (exact) mass is 291 g/mol. The maximum Gasteiger partial charge on any atom is 0.255 e. The largest absolute Gasteiger partial charge is 0.310 e. The number of pyridine rings is 1. The molecule has 0 fully saturated rings. The number of hydrogen-bond donors (Lipinski definition) is 1. The van der Waals surface area contributed by atoms with Crippen molar-refractivity contribution in [1.29, 1.82) is 0 Å². The maximum atomic E-state index is 12.8. The molecule has 21 heavy (non-hydrogen) atoms. The van der Waals surface area contributed by atoms with Gasteiger partial charge in [0.15, 0.2) is 0 Å². The summed E-state index contributed by atoms with van der Waals surface area (Å²) < 4.78 is 2.06. The molecule has 1 N–H and O–H groups in total. The van der Waals surface area contributed by atoms with Crippen molar-refractivity contribution in [3.63, 3.8) is 0 Å². The molecule has 0 radical (unpaired) electrons. The van der Waals surface area contributed by atoms with Gasteiger partial charge in [-0.25, -0.2) is 0 Å². The molecule has 4 nitrogen and oxygen atoms in total. The Bertz CT molecular complexity index is 548. The second-order valence-electron chi connectivity index (χ2n) is 6.60. The van der Waals surface area contributed by atoms with E-state index in [1.54, 1.807) is 0 Å². The average Bonchev–Trinajstić information content (AvgIpc) is 2.44. The molecule has 4 heteroatoms. The van der Waals surface area contributed by atoms with E-state index in [-0.39, 0.29) is 11.6 Å². The Hall–Kier alpha value is -1.13. The fraction of sp³-hybridized carbons (Fsp3) is 0.706. The molecule has 2 rings (SSSR count). The van der Waals surface area contributed by atoms with Crippen LogP contribution in [0.15, 0.2) is 10.9 Å². The number of aromatic nitrogens is 1. The Morgan fingerprint density at radius 1 is 1.33 bits per heavy atom. The Kier molecular flexibility index (Phi) is 5.22. The lowest BCUT2D eigenvalue weighted by Crippen LogP contribution is -2.38. The molecule has 1 aromatic heterocycles. The highest BCUT2D eigenvalue weighted by Crippen LogP contribution is 2.21. The normalized spacial score (nSPS) is 17.0. The van der Waals surface area contributed by atoms with Gasteiger partial charge >= 0.3 is 0 Å². The smallest absolute Gasteiger partial charge is 0.255 e. The molecule has 1 unspecified atom stereocenters. The number of hydrogen-bond acceptors (Lipinski definition) is 3. The van der Waals surface area contributed by atoms with Gasteiger partial charge in [-0.15, -0.1) is 0 Å². The van der Waals surface area contributed by atoms with Crippen LogP contribution in [0, 0.1) is 0 Å². The molecular formula is C17H29N3O.